The van der Waals surface area contributed by atoms with Crippen molar-refractivity contribution in [2.24, 2.45) is 5.10 Å². The largest absolute Gasteiger partial charge is 0.595 e. The standard InChI is InChI=1S/C25H26N4O4/c30-28(31)23-17-18-24(25(19-23)29(32)33)27-26-22(16-15-21-11-5-2-6-12-21)14-8-7-13-20-9-3-1-4-10-20/h1-14,17-19,27-30,32H,15-16H2. The highest BCUT2D eigenvalue weighted by molar-refractivity contribution is 5.96. The van der Waals surface area contributed by atoms with Crippen molar-refractivity contribution in [1.29, 1.82) is 0 Å². The molecule has 0 amide bonds. The number of hydrogen-bond acceptors (Lipinski definition) is 6. The van der Waals surface area contributed by atoms with Gasteiger partial charge in [-0.3, -0.25) is 5.43 Å². The van der Waals surface area contributed by atoms with Crippen LogP contribution in [0.15, 0.2) is 102 Å². The van der Waals surface area contributed by atoms with Gasteiger partial charge in [-0.25, -0.2) is 10.4 Å². The van der Waals surface area contributed by atoms with Crippen molar-refractivity contribution in [3.8, 4) is 0 Å². The summed E-state index contributed by atoms with van der Waals surface area (Å²) >= 11 is 0. The molecule has 0 aliphatic rings. The van der Waals surface area contributed by atoms with E-state index in [2.05, 4.69) is 10.5 Å². The van der Waals surface area contributed by atoms with Gasteiger partial charge in [-0.05, 0) is 36.1 Å². The van der Waals surface area contributed by atoms with Crippen LogP contribution in [0.1, 0.15) is 17.5 Å². The topological polar surface area (TPSA) is 120 Å². The van der Waals surface area contributed by atoms with E-state index in [1.54, 1.807) is 0 Å². The zero-order valence-electron chi connectivity index (χ0n) is 17.9. The lowest BCUT2D eigenvalue weighted by atomic mass is 10.1. The van der Waals surface area contributed by atoms with E-state index < -0.39 is 10.5 Å². The molecule has 0 aliphatic heterocycles. The Bertz CT molecular complexity index is 1100. The average molecular weight is 447 g/mol. The first kappa shape index (κ1) is 24.0. The number of nitrogens with zero attached hydrogens (tertiary/aromatic N) is 1. The highest BCUT2D eigenvalue weighted by Crippen LogP contribution is 2.21. The van der Waals surface area contributed by atoms with E-state index in [0.29, 0.717) is 6.42 Å². The van der Waals surface area contributed by atoms with E-state index in [0.717, 1.165) is 29.3 Å². The van der Waals surface area contributed by atoms with E-state index >= 15 is 0 Å². The third kappa shape index (κ3) is 7.78. The van der Waals surface area contributed by atoms with Gasteiger partial charge in [-0.2, -0.15) is 15.6 Å². The number of quaternary nitrogens is 2. The molecular formula is C25H26N4O4. The Morgan fingerprint density at radius 1 is 0.879 bits per heavy atom. The molecule has 0 saturated heterocycles. The molecule has 0 fully saturated rings. The fourth-order valence-corrected chi connectivity index (χ4v) is 3.07. The molecule has 33 heavy (non-hydrogen) atoms. The average Bonchev–Trinajstić information content (AvgIpc) is 2.84. The SMILES string of the molecule is [O-][NH+](O)c1ccc(NN=C(C=CC=Cc2ccccc2)CCc2ccccc2)c([NH+]([O-])O)c1. The van der Waals surface area contributed by atoms with Crippen LogP contribution in [0.4, 0.5) is 17.1 Å². The highest BCUT2D eigenvalue weighted by atomic mass is 16.8. The lowest BCUT2D eigenvalue weighted by Gasteiger charge is -2.18. The van der Waals surface area contributed by atoms with Crippen molar-refractivity contribution in [3.05, 3.63) is 119 Å². The van der Waals surface area contributed by atoms with Crippen molar-refractivity contribution in [3.63, 3.8) is 0 Å². The van der Waals surface area contributed by atoms with E-state index in [9.17, 15) is 15.6 Å². The van der Waals surface area contributed by atoms with Gasteiger partial charge in [0.15, 0.2) is 11.4 Å². The van der Waals surface area contributed by atoms with Gasteiger partial charge < -0.3 is 10.4 Å². The Kier molecular flexibility index (Phi) is 9.04. The molecule has 3 rings (SSSR count). The molecule has 0 saturated carbocycles. The predicted octanol–water partition coefficient (Wildman–Crippen LogP) is 3.16. The van der Waals surface area contributed by atoms with Crippen LogP contribution in [0.3, 0.4) is 0 Å². The maximum Gasteiger partial charge on any atom is 0.195 e. The Morgan fingerprint density at radius 3 is 2.24 bits per heavy atom. The second-order valence-electron chi connectivity index (χ2n) is 7.20. The molecule has 2 unspecified atom stereocenters. The zero-order chi connectivity index (χ0) is 23.5. The minimum atomic E-state index is -1.23. The molecule has 0 aliphatic carbocycles. The van der Waals surface area contributed by atoms with Gasteiger partial charge in [0.1, 0.15) is 5.69 Å². The number of hydrazone groups is 1. The van der Waals surface area contributed by atoms with Crippen molar-refractivity contribution in [2.75, 3.05) is 5.43 Å². The summed E-state index contributed by atoms with van der Waals surface area (Å²) in [6.07, 6.45) is 9.02. The summed E-state index contributed by atoms with van der Waals surface area (Å²) in [5.74, 6) is 0. The first-order chi connectivity index (χ1) is 16.0. The van der Waals surface area contributed by atoms with Crippen molar-refractivity contribution in [2.45, 2.75) is 12.8 Å². The second kappa shape index (κ2) is 12.4. The lowest BCUT2D eigenvalue weighted by Crippen LogP contribution is -3.00. The molecule has 0 heterocycles. The smallest absolute Gasteiger partial charge is 0.195 e. The van der Waals surface area contributed by atoms with Crippen LogP contribution in [0.5, 0.6) is 0 Å². The Labute approximate surface area is 192 Å². The summed E-state index contributed by atoms with van der Waals surface area (Å²) in [7, 11) is 0. The fraction of sp³-hybridized carbons (Fsp3) is 0.0800. The minimum absolute atomic E-state index is 0.0998. The molecule has 0 spiro atoms. The summed E-state index contributed by atoms with van der Waals surface area (Å²) in [5, 5.41) is 43.3. The maximum absolute atomic E-state index is 11.6. The van der Waals surface area contributed by atoms with Crippen LogP contribution in [-0.2, 0) is 6.42 Å². The molecule has 3 aromatic rings. The van der Waals surface area contributed by atoms with Gasteiger partial charge in [-0.1, -0.05) is 78.9 Å². The number of allylic oxidation sites excluding steroid dienone is 3. The minimum Gasteiger partial charge on any atom is -0.595 e. The van der Waals surface area contributed by atoms with Crippen LogP contribution < -0.4 is 15.9 Å². The summed E-state index contributed by atoms with van der Waals surface area (Å²) in [4.78, 5) is 0. The van der Waals surface area contributed by atoms with Gasteiger partial charge in [-0.15, -0.1) is 0 Å². The molecule has 2 atom stereocenters. The summed E-state index contributed by atoms with van der Waals surface area (Å²) in [6, 6.07) is 23.8. The molecule has 0 aromatic heterocycles. The van der Waals surface area contributed by atoms with Crippen LogP contribution in [-0.4, -0.2) is 16.1 Å². The van der Waals surface area contributed by atoms with Crippen LogP contribution in [0.25, 0.3) is 6.08 Å². The predicted molar refractivity (Wildman–Crippen MR) is 128 cm³/mol. The monoisotopic (exact) mass is 446 g/mol. The van der Waals surface area contributed by atoms with Crippen LogP contribution >= 0.6 is 0 Å². The summed E-state index contributed by atoms with van der Waals surface area (Å²) < 4.78 is 0. The Morgan fingerprint density at radius 2 is 1.58 bits per heavy atom. The third-order valence-electron chi connectivity index (χ3n) is 4.82. The number of nitrogens with one attached hydrogen (secondary N) is 3. The highest BCUT2D eigenvalue weighted by Gasteiger charge is 2.13. The molecule has 0 radical (unpaired) electrons. The number of aryl methyl sites for hydroxylation is 1. The molecule has 3 aromatic carbocycles. The number of benzene rings is 3. The van der Waals surface area contributed by atoms with E-state index in [1.165, 1.54) is 12.1 Å². The van der Waals surface area contributed by atoms with Gasteiger partial charge >= 0.3 is 0 Å². The third-order valence-corrected chi connectivity index (χ3v) is 4.82. The Hall–Kier alpha value is -3.63. The molecule has 170 valence electrons. The number of rotatable bonds is 10. The van der Waals surface area contributed by atoms with Gasteiger partial charge in [0.25, 0.3) is 0 Å². The fourth-order valence-electron chi connectivity index (χ4n) is 3.07. The van der Waals surface area contributed by atoms with Gasteiger partial charge in [0.05, 0.1) is 11.8 Å². The quantitative estimate of drug-likeness (QED) is 0.186. The van der Waals surface area contributed by atoms with E-state index in [4.69, 9.17) is 5.21 Å². The maximum atomic E-state index is 11.6. The number of hydrogen-bond donors (Lipinski definition) is 5. The summed E-state index contributed by atoms with van der Waals surface area (Å²) in [5.41, 5.74) is 5.71. The first-order valence-corrected chi connectivity index (χ1v) is 10.4. The molecular weight excluding hydrogens is 420 g/mol. The lowest BCUT2D eigenvalue weighted by molar-refractivity contribution is -0.996. The van der Waals surface area contributed by atoms with Crippen LogP contribution in [0.2, 0.25) is 0 Å². The van der Waals surface area contributed by atoms with Crippen LogP contribution in [0, 0.1) is 10.4 Å². The Balaban J connectivity index is 1.78. The van der Waals surface area contributed by atoms with E-state index in [1.807, 2.05) is 85.0 Å². The normalized spacial score (nSPS) is 14.0. The van der Waals surface area contributed by atoms with Crippen molar-refractivity contribution >= 4 is 28.8 Å². The van der Waals surface area contributed by atoms with Crippen molar-refractivity contribution < 1.29 is 20.9 Å². The molecule has 0 bridgehead atoms. The molecule has 5 N–H and O–H groups in total. The first-order valence-electron chi connectivity index (χ1n) is 10.4. The zero-order valence-corrected chi connectivity index (χ0v) is 17.9. The summed E-state index contributed by atoms with van der Waals surface area (Å²) in [6.45, 7) is 0. The molecule has 8 nitrogen and oxygen atoms in total. The van der Waals surface area contributed by atoms with Gasteiger partial charge in [0.2, 0.25) is 0 Å². The second-order valence-corrected chi connectivity index (χ2v) is 7.20. The van der Waals surface area contributed by atoms with E-state index in [-0.39, 0.29) is 17.1 Å². The van der Waals surface area contributed by atoms with Gasteiger partial charge in [0, 0.05) is 6.07 Å². The van der Waals surface area contributed by atoms with Crippen molar-refractivity contribution in [1.82, 2.24) is 0 Å². The molecule has 8 heteroatoms. The number of anilines is 1.